The Morgan fingerprint density at radius 1 is 1.19 bits per heavy atom. The monoisotopic (exact) mass is 471 g/mol. The van der Waals surface area contributed by atoms with Gasteiger partial charge < -0.3 is 4.74 Å². The minimum atomic E-state index is 0.0807. The van der Waals surface area contributed by atoms with E-state index in [-0.39, 0.29) is 5.91 Å². The third-order valence-electron chi connectivity index (χ3n) is 6.02. The van der Waals surface area contributed by atoms with Crippen molar-refractivity contribution in [1.82, 2.24) is 9.88 Å². The minimum Gasteiger partial charge on any atom is -0.379 e. The minimum absolute atomic E-state index is 0.0807. The first-order valence-electron chi connectivity index (χ1n) is 11.1. The molecule has 0 saturated carbocycles. The fourth-order valence-corrected chi connectivity index (χ4v) is 5.67. The molecule has 1 aliphatic rings. The van der Waals surface area contributed by atoms with Crippen molar-refractivity contribution in [3.63, 3.8) is 0 Å². The molecular formula is C25H30ClN3O2S. The molecule has 0 bridgehead atoms. The fourth-order valence-electron chi connectivity index (χ4n) is 4.36. The molecule has 0 aliphatic carbocycles. The third-order valence-corrected chi connectivity index (χ3v) is 7.37. The summed E-state index contributed by atoms with van der Waals surface area (Å²) < 4.78 is 6.45. The molecule has 5 nitrogen and oxygen atoms in total. The van der Waals surface area contributed by atoms with Crippen LogP contribution in [0.1, 0.15) is 28.7 Å². The van der Waals surface area contributed by atoms with E-state index in [0.717, 1.165) is 71.3 Å². The Morgan fingerprint density at radius 3 is 2.59 bits per heavy atom. The van der Waals surface area contributed by atoms with Crippen LogP contribution in [0.25, 0.3) is 10.2 Å². The van der Waals surface area contributed by atoms with Crippen LogP contribution < -0.4 is 4.90 Å². The van der Waals surface area contributed by atoms with Crippen molar-refractivity contribution in [1.29, 1.82) is 0 Å². The molecule has 0 atom stereocenters. The van der Waals surface area contributed by atoms with Crippen molar-refractivity contribution in [3.8, 4) is 0 Å². The first kappa shape index (κ1) is 23.2. The Kier molecular flexibility index (Phi) is 7.46. The van der Waals surface area contributed by atoms with E-state index in [1.807, 2.05) is 23.1 Å². The maximum Gasteiger partial charge on any atom is 0.233 e. The van der Waals surface area contributed by atoms with Crippen molar-refractivity contribution in [3.05, 3.63) is 57.6 Å². The van der Waals surface area contributed by atoms with E-state index in [4.69, 9.17) is 21.3 Å². The van der Waals surface area contributed by atoms with Crippen LogP contribution >= 0.6 is 22.9 Å². The second-order valence-corrected chi connectivity index (χ2v) is 9.91. The lowest BCUT2D eigenvalue weighted by atomic mass is 9.97. The van der Waals surface area contributed by atoms with Crippen LogP contribution in [-0.2, 0) is 16.0 Å². The van der Waals surface area contributed by atoms with Crippen molar-refractivity contribution in [2.24, 2.45) is 0 Å². The first-order valence-corrected chi connectivity index (χ1v) is 12.3. The molecule has 1 aliphatic heterocycles. The zero-order valence-corrected chi connectivity index (χ0v) is 20.6. The first-order chi connectivity index (χ1) is 15.4. The van der Waals surface area contributed by atoms with Crippen LogP contribution in [-0.4, -0.2) is 55.2 Å². The number of aromatic nitrogens is 1. The van der Waals surface area contributed by atoms with Crippen molar-refractivity contribution >= 4 is 44.2 Å². The summed E-state index contributed by atoms with van der Waals surface area (Å²) in [5.74, 6) is 0.0807. The molecule has 7 heteroatoms. The standard InChI is InChI=1S/C25H30ClN3O2S/c1-17-14-18(2)20(19(3)15-17)16-23(30)29(9-5-8-28-10-12-31-13-11-28)25-27-24-21(26)6-4-7-22(24)32-25/h4,6-7,14-15H,5,8-13,16H2,1-3H3. The summed E-state index contributed by atoms with van der Waals surface area (Å²) in [5, 5.41) is 1.35. The Labute approximate surface area is 199 Å². The van der Waals surface area contributed by atoms with Gasteiger partial charge in [0.25, 0.3) is 0 Å². The van der Waals surface area contributed by atoms with Gasteiger partial charge in [0.15, 0.2) is 5.13 Å². The van der Waals surface area contributed by atoms with Gasteiger partial charge in [-0.3, -0.25) is 14.6 Å². The summed E-state index contributed by atoms with van der Waals surface area (Å²) in [7, 11) is 0. The van der Waals surface area contributed by atoms with Crippen molar-refractivity contribution in [2.45, 2.75) is 33.6 Å². The number of para-hydroxylation sites is 1. The summed E-state index contributed by atoms with van der Waals surface area (Å²) >= 11 is 7.90. The summed E-state index contributed by atoms with van der Waals surface area (Å²) in [4.78, 5) is 22.6. The summed E-state index contributed by atoms with van der Waals surface area (Å²) in [6, 6.07) is 10.1. The number of carbonyl (C=O) groups is 1. The Morgan fingerprint density at radius 2 is 1.91 bits per heavy atom. The topological polar surface area (TPSA) is 45.7 Å². The molecule has 0 radical (unpaired) electrons. The lowest BCUT2D eigenvalue weighted by Crippen LogP contribution is -2.39. The van der Waals surface area contributed by atoms with Gasteiger partial charge in [-0.25, -0.2) is 4.98 Å². The molecule has 0 N–H and O–H groups in total. The number of nitrogens with zero attached hydrogens (tertiary/aromatic N) is 3. The number of anilines is 1. The van der Waals surface area contributed by atoms with Gasteiger partial charge in [-0.1, -0.05) is 46.7 Å². The molecule has 1 amide bonds. The van der Waals surface area contributed by atoms with Crippen molar-refractivity contribution < 1.29 is 9.53 Å². The Hall–Kier alpha value is -1.99. The SMILES string of the molecule is Cc1cc(C)c(CC(=O)N(CCCN2CCOCC2)c2nc3c(Cl)cccc3s2)c(C)c1. The number of aryl methyl sites for hydroxylation is 3. The molecule has 0 spiro atoms. The second kappa shape index (κ2) is 10.3. The van der Waals surface area contributed by atoms with Crippen LogP contribution in [0.4, 0.5) is 5.13 Å². The molecule has 1 saturated heterocycles. The Balaban J connectivity index is 1.57. The van der Waals surface area contributed by atoms with Crippen LogP contribution in [0, 0.1) is 20.8 Å². The molecule has 2 aromatic carbocycles. The fraction of sp³-hybridized carbons (Fsp3) is 0.440. The number of hydrogen-bond acceptors (Lipinski definition) is 5. The summed E-state index contributed by atoms with van der Waals surface area (Å²) in [5.41, 5.74) is 5.42. The number of benzene rings is 2. The third kappa shape index (κ3) is 5.31. The number of morpholine rings is 1. The zero-order valence-electron chi connectivity index (χ0n) is 19.0. The van der Waals surface area contributed by atoms with E-state index in [1.54, 1.807) is 0 Å². The molecule has 4 rings (SSSR count). The van der Waals surface area contributed by atoms with Crippen LogP contribution in [0.15, 0.2) is 30.3 Å². The highest BCUT2D eigenvalue weighted by atomic mass is 35.5. The zero-order chi connectivity index (χ0) is 22.7. The smallest absolute Gasteiger partial charge is 0.233 e. The number of carbonyl (C=O) groups excluding carboxylic acids is 1. The highest BCUT2D eigenvalue weighted by Crippen LogP contribution is 2.33. The number of thiazole rings is 1. The molecular weight excluding hydrogens is 442 g/mol. The van der Waals surface area contributed by atoms with Crippen LogP contribution in [0.3, 0.4) is 0 Å². The predicted octanol–water partition coefficient (Wildman–Crippen LogP) is 5.17. The predicted molar refractivity (Wildman–Crippen MR) is 133 cm³/mol. The molecule has 32 heavy (non-hydrogen) atoms. The van der Waals surface area contributed by atoms with E-state index in [0.29, 0.717) is 18.0 Å². The number of amides is 1. The second-order valence-electron chi connectivity index (χ2n) is 8.49. The number of halogens is 1. The molecule has 0 unspecified atom stereocenters. The van der Waals surface area contributed by atoms with Crippen molar-refractivity contribution in [2.75, 3.05) is 44.3 Å². The average Bonchev–Trinajstić information content (AvgIpc) is 3.19. The number of rotatable bonds is 7. The van der Waals surface area contributed by atoms with E-state index in [9.17, 15) is 4.79 Å². The van der Waals surface area contributed by atoms with Crippen LogP contribution in [0.2, 0.25) is 5.02 Å². The molecule has 2 heterocycles. The van der Waals surface area contributed by atoms with Crippen LogP contribution in [0.5, 0.6) is 0 Å². The van der Waals surface area contributed by atoms with Gasteiger partial charge in [-0.2, -0.15) is 0 Å². The lowest BCUT2D eigenvalue weighted by Gasteiger charge is -2.28. The summed E-state index contributed by atoms with van der Waals surface area (Å²) in [6.45, 7) is 11.3. The normalized spacial score (nSPS) is 14.8. The van der Waals surface area contributed by atoms with Gasteiger partial charge in [0.1, 0.15) is 5.52 Å². The largest absolute Gasteiger partial charge is 0.379 e. The maximum atomic E-state index is 13.6. The number of hydrogen-bond donors (Lipinski definition) is 0. The van der Waals surface area contributed by atoms with Gasteiger partial charge in [0.2, 0.25) is 5.91 Å². The molecule has 1 aromatic heterocycles. The van der Waals surface area contributed by atoms with Gasteiger partial charge in [0.05, 0.1) is 29.4 Å². The van der Waals surface area contributed by atoms with Gasteiger partial charge >= 0.3 is 0 Å². The van der Waals surface area contributed by atoms with E-state index in [2.05, 4.69) is 37.8 Å². The van der Waals surface area contributed by atoms with E-state index in [1.165, 1.54) is 16.9 Å². The van der Waals surface area contributed by atoms with Gasteiger partial charge in [-0.15, -0.1) is 0 Å². The maximum absolute atomic E-state index is 13.6. The molecule has 1 fully saturated rings. The Bertz CT molecular complexity index is 1080. The molecule has 170 valence electrons. The number of fused-ring (bicyclic) bond motifs is 1. The number of ether oxygens (including phenoxy) is 1. The van der Waals surface area contributed by atoms with E-state index < -0.39 is 0 Å². The molecule has 3 aromatic rings. The summed E-state index contributed by atoms with van der Waals surface area (Å²) in [6.07, 6.45) is 1.26. The highest BCUT2D eigenvalue weighted by molar-refractivity contribution is 7.22. The van der Waals surface area contributed by atoms with E-state index >= 15 is 0 Å². The highest BCUT2D eigenvalue weighted by Gasteiger charge is 2.22. The quantitative estimate of drug-likeness (QED) is 0.476. The lowest BCUT2D eigenvalue weighted by molar-refractivity contribution is -0.118. The van der Waals surface area contributed by atoms with Gasteiger partial charge in [-0.05, 0) is 56.0 Å². The van der Waals surface area contributed by atoms with Gasteiger partial charge in [0, 0.05) is 26.2 Å². The average molecular weight is 472 g/mol.